The molecule has 0 aromatic carbocycles. The summed E-state index contributed by atoms with van der Waals surface area (Å²) in [4.78, 5) is 12.5. The Hall–Kier alpha value is -0.920. The fraction of sp³-hybridized carbons (Fsp3) is 0.583. The Morgan fingerprint density at radius 1 is 1.42 bits per heavy atom. The van der Waals surface area contributed by atoms with Crippen LogP contribution in [-0.2, 0) is 14.8 Å². The van der Waals surface area contributed by atoms with Crippen molar-refractivity contribution in [3.05, 3.63) is 17.0 Å². The van der Waals surface area contributed by atoms with Crippen LogP contribution in [0.25, 0.3) is 0 Å². The number of carbonyl (C=O) groups excluding carboxylic acids is 1. The molecule has 1 heterocycles. The molecule has 1 amide bonds. The summed E-state index contributed by atoms with van der Waals surface area (Å²) in [6.45, 7) is 5.89. The van der Waals surface area contributed by atoms with Gasteiger partial charge >= 0.3 is 0 Å². The predicted molar refractivity (Wildman–Crippen MR) is 76.3 cm³/mol. The summed E-state index contributed by atoms with van der Waals surface area (Å²) in [5.74, 6) is 0.322. The molecule has 0 spiro atoms. The van der Waals surface area contributed by atoms with Gasteiger partial charge in [-0.1, -0.05) is 20.3 Å². The molecule has 0 aliphatic carbocycles. The van der Waals surface area contributed by atoms with Gasteiger partial charge in [-0.15, -0.1) is 11.3 Å². The highest BCUT2D eigenvalue weighted by atomic mass is 32.2. The molecule has 2 atom stereocenters. The van der Waals surface area contributed by atoms with Gasteiger partial charge in [-0.2, -0.15) is 0 Å². The van der Waals surface area contributed by atoms with E-state index in [1.165, 1.54) is 6.07 Å². The monoisotopic (exact) mass is 304 g/mol. The third-order valence-corrected chi connectivity index (χ3v) is 5.62. The quantitative estimate of drug-likeness (QED) is 0.842. The Balaban J connectivity index is 2.66. The van der Waals surface area contributed by atoms with Crippen molar-refractivity contribution in [3.8, 4) is 0 Å². The number of primary sulfonamides is 1. The van der Waals surface area contributed by atoms with E-state index in [4.69, 9.17) is 5.14 Å². The highest BCUT2D eigenvalue weighted by Gasteiger charge is 2.17. The zero-order valence-corrected chi connectivity index (χ0v) is 13.0. The molecule has 2 unspecified atom stereocenters. The van der Waals surface area contributed by atoms with Crippen LogP contribution in [0, 0.1) is 5.92 Å². The minimum Gasteiger partial charge on any atom is -0.349 e. The fourth-order valence-electron chi connectivity index (χ4n) is 1.55. The number of sulfonamides is 1. The smallest absolute Gasteiger partial charge is 0.247 e. The van der Waals surface area contributed by atoms with Gasteiger partial charge in [0.15, 0.2) is 0 Å². The van der Waals surface area contributed by atoms with E-state index >= 15 is 0 Å². The van der Waals surface area contributed by atoms with Gasteiger partial charge in [0.05, 0.1) is 6.04 Å². The second-order valence-corrected chi connectivity index (χ2v) is 7.61. The molecule has 108 valence electrons. The first kappa shape index (κ1) is 16.1. The Kier molecular flexibility index (Phi) is 5.51. The number of nitrogens with two attached hydrogens (primary N) is 1. The minimum atomic E-state index is -3.66. The summed E-state index contributed by atoms with van der Waals surface area (Å²) in [6.07, 6.45) is 1.44. The van der Waals surface area contributed by atoms with E-state index in [1.54, 1.807) is 6.07 Å². The van der Waals surface area contributed by atoms with Crippen molar-refractivity contribution in [2.75, 3.05) is 0 Å². The van der Waals surface area contributed by atoms with Crippen LogP contribution in [0.3, 0.4) is 0 Å². The van der Waals surface area contributed by atoms with E-state index in [-0.39, 0.29) is 16.2 Å². The van der Waals surface area contributed by atoms with Gasteiger partial charge in [-0.05, 0) is 25.0 Å². The van der Waals surface area contributed by atoms with E-state index in [0.717, 1.165) is 22.6 Å². The van der Waals surface area contributed by atoms with E-state index in [0.29, 0.717) is 12.3 Å². The summed E-state index contributed by atoms with van der Waals surface area (Å²) in [5, 5.41) is 7.91. The predicted octanol–water partition coefficient (Wildman–Crippen LogP) is 2.01. The first-order chi connectivity index (χ1) is 8.74. The number of rotatable bonds is 6. The summed E-state index contributed by atoms with van der Waals surface area (Å²) in [7, 11) is -3.66. The van der Waals surface area contributed by atoms with Crippen molar-refractivity contribution in [1.29, 1.82) is 0 Å². The van der Waals surface area contributed by atoms with Gasteiger partial charge in [0.25, 0.3) is 0 Å². The van der Waals surface area contributed by atoms with Crippen LogP contribution in [-0.4, -0.2) is 14.3 Å². The summed E-state index contributed by atoms with van der Waals surface area (Å²) in [5.41, 5.74) is 0. The minimum absolute atomic E-state index is 0.0209. The zero-order chi connectivity index (χ0) is 14.6. The molecule has 1 aromatic heterocycles. The molecule has 0 bridgehead atoms. The Morgan fingerprint density at radius 2 is 2.05 bits per heavy atom. The summed E-state index contributed by atoms with van der Waals surface area (Å²) < 4.78 is 22.5. The lowest BCUT2D eigenvalue weighted by Crippen LogP contribution is -2.27. The first-order valence-corrected chi connectivity index (χ1v) is 8.52. The van der Waals surface area contributed by atoms with Gasteiger partial charge in [0.1, 0.15) is 4.21 Å². The molecule has 1 rings (SSSR count). The number of thiophene rings is 1. The molecule has 3 N–H and O–H groups in total. The van der Waals surface area contributed by atoms with Crippen LogP contribution in [0.4, 0.5) is 0 Å². The summed E-state index contributed by atoms with van der Waals surface area (Å²) >= 11 is 1.09. The van der Waals surface area contributed by atoms with E-state index in [2.05, 4.69) is 5.32 Å². The standard InChI is InChI=1S/C12H20N2O3S2/c1-4-8(2)7-11(15)14-9(3)10-5-6-12(18-10)19(13,16)17/h5-6,8-9H,4,7H2,1-3H3,(H,14,15)(H2,13,16,17). The zero-order valence-electron chi connectivity index (χ0n) is 11.3. The van der Waals surface area contributed by atoms with E-state index < -0.39 is 10.0 Å². The van der Waals surface area contributed by atoms with Crippen molar-refractivity contribution in [2.45, 2.75) is 43.9 Å². The molecule has 0 aliphatic heterocycles. The lowest BCUT2D eigenvalue weighted by Gasteiger charge is -2.14. The first-order valence-electron chi connectivity index (χ1n) is 6.16. The van der Waals surface area contributed by atoms with Gasteiger partial charge in [-0.3, -0.25) is 4.79 Å². The SMILES string of the molecule is CCC(C)CC(=O)NC(C)c1ccc(S(N)(=O)=O)s1. The Morgan fingerprint density at radius 3 is 2.53 bits per heavy atom. The van der Waals surface area contributed by atoms with Gasteiger partial charge in [0, 0.05) is 11.3 Å². The lowest BCUT2D eigenvalue weighted by molar-refractivity contribution is -0.122. The third kappa shape index (κ3) is 4.93. The largest absolute Gasteiger partial charge is 0.349 e. The van der Waals surface area contributed by atoms with Gasteiger partial charge in [-0.25, -0.2) is 13.6 Å². The van der Waals surface area contributed by atoms with Crippen molar-refractivity contribution < 1.29 is 13.2 Å². The molecule has 0 fully saturated rings. The molecule has 1 aromatic rings. The van der Waals surface area contributed by atoms with Crippen LogP contribution in [0.15, 0.2) is 16.3 Å². The van der Waals surface area contributed by atoms with Crippen LogP contribution in [0.5, 0.6) is 0 Å². The molecular weight excluding hydrogens is 284 g/mol. The second kappa shape index (κ2) is 6.49. The number of carbonyl (C=O) groups is 1. The number of nitrogens with one attached hydrogen (secondary N) is 1. The average molecular weight is 304 g/mol. The van der Waals surface area contributed by atoms with Crippen LogP contribution < -0.4 is 10.5 Å². The van der Waals surface area contributed by atoms with E-state index in [9.17, 15) is 13.2 Å². The highest BCUT2D eigenvalue weighted by Crippen LogP contribution is 2.25. The number of hydrogen-bond acceptors (Lipinski definition) is 4. The average Bonchev–Trinajstić information content (AvgIpc) is 2.77. The maximum absolute atomic E-state index is 11.8. The molecular formula is C12H20N2O3S2. The molecule has 0 saturated carbocycles. The maximum atomic E-state index is 11.8. The van der Waals surface area contributed by atoms with Gasteiger partial charge in [0.2, 0.25) is 15.9 Å². The summed E-state index contributed by atoms with van der Waals surface area (Å²) in [6, 6.07) is 2.93. The van der Waals surface area contributed by atoms with Gasteiger partial charge < -0.3 is 5.32 Å². The van der Waals surface area contributed by atoms with Crippen molar-refractivity contribution in [2.24, 2.45) is 11.1 Å². The molecule has 0 saturated heterocycles. The highest BCUT2D eigenvalue weighted by molar-refractivity contribution is 7.91. The second-order valence-electron chi connectivity index (χ2n) is 4.71. The Labute approximate surface area is 118 Å². The number of hydrogen-bond donors (Lipinski definition) is 2. The molecule has 5 nitrogen and oxygen atoms in total. The van der Waals surface area contributed by atoms with Crippen molar-refractivity contribution in [3.63, 3.8) is 0 Å². The van der Waals surface area contributed by atoms with E-state index in [1.807, 2.05) is 20.8 Å². The number of amides is 1. The normalized spacial score (nSPS) is 14.9. The maximum Gasteiger partial charge on any atom is 0.247 e. The molecule has 19 heavy (non-hydrogen) atoms. The molecule has 0 aliphatic rings. The van der Waals surface area contributed by atoms with Crippen molar-refractivity contribution in [1.82, 2.24) is 5.32 Å². The molecule has 0 radical (unpaired) electrons. The van der Waals surface area contributed by atoms with Crippen molar-refractivity contribution >= 4 is 27.3 Å². The van der Waals surface area contributed by atoms with Crippen LogP contribution in [0.2, 0.25) is 0 Å². The molecule has 7 heteroatoms. The van der Waals surface area contributed by atoms with Crippen LogP contribution in [0.1, 0.15) is 44.5 Å². The Bertz CT molecular complexity index is 537. The third-order valence-electron chi connectivity index (χ3n) is 2.92. The van der Waals surface area contributed by atoms with Crippen LogP contribution >= 0.6 is 11.3 Å². The lowest BCUT2D eigenvalue weighted by atomic mass is 10.0. The topological polar surface area (TPSA) is 89.3 Å². The fourth-order valence-corrected chi connectivity index (χ4v) is 3.30.